The zero-order chi connectivity index (χ0) is 20.9. The number of imidazole rings is 1. The third-order valence-corrected chi connectivity index (χ3v) is 5.26. The van der Waals surface area contributed by atoms with Crippen LogP contribution in [0, 0.1) is 0 Å². The summed E-state index contributed by atoms with van der Waals surface area (Å²) < 4.78 is 1.95. The first-order valence-corrected chi connectivity index (χ1v) is 9.69. The number of fused-ring (bicyclic) bond motifs is 3. The maximum atomic E-state index is 6.15. The maximum absolute atomic E-state index is 6.15. The summed E-state index contributed by atoms with van der Waals surface area (Å²) in [6.07, 6.45) is 3.55. The molecule has 4 aromatic heterocycles. The van der Waals surface area contributed by atoms with E-state index in [4.69, 9.17) is 16.5 Å². The molecule has 6 rings (SSSR count). The molecule has 4 heterocycles. The van der Waals surface area contributed by atoms with E-state index >= 15 is 0 Å². The number of nitrogen functional groups attached to an aromatic ring is 2. The largest absolute Gasteiger partial charge is 0.382 e. The Labute approximate surface area is 176 Å². The first-order valence-electron chi connectivity index (χ1n) is 9.69. The van der Waals surface area contributed by atoms with E-state index in [0.29, 0.717) is 17.0 Å². The van der Waals surface area contributed by atoms with Crippen molar-refractivity contribution in [2.24, 2.45) is 0 Å². The minimum Gasteiger partial charge on any atom is -0.382 e. The number of anilines is 2. The first-order chi connectivity index (χ1) is 15.2. The van der Waals surface area contributed by atoms with Gasteiger partial charge in [0.15, 0.2) is 17.0 Å². The molecule has 0 aliphatic carbocycles. The lowest BCUT2D eigenvalue weighted by molar-refractivity contribution is 1.07. The lowest BCUT2D eigenvalue weighted by Gasteiger charge is -2.11. The van der Waals surface area contributed by atoms with Gasteiger partial charge in [-0.3, -0.25) is 14.5 Å². The second-order valence-electron chi connectivity index (χ2n) is 7.20. The third-order valence-electron chi connectivity index (χ3n) is 5.26. The van der Waals surface area contributed by atoms with Crippen LogP contribution in [0.15, 0.2) is 73.1 Å². The van der Waals surface area contributed by atoms with Gasteiger partial charge >= 0.3 is 0 Å². The van der Waals surface area contributed by atoms with Gasteiger partial charge in [0.05, 0.1) is 11.0 Å². The molecule has 0 saturated carbocycles. The van der Waals surface area contributed by atoms with Crippen LogP contribution in [-0.4, -0.2) is 29.5 Å². The Morgan fingerprint density at radius 3 is 2.19 bits per heavy atom. The molecule has 0 bridgehead atoms. The normalized spacial score (nSPS) is 11.5. The van der Waals surface area contributed by atoms with Crippen LogP contribution in [0.3, 0.4) is 0 Å². The fraction of sp³-hybridized carbons (Fsp3) is 0. The summed E-state index contributed by atoms with van der Waals surface area (Å²) in [5.74, 6) is 1.03. The molecule has 8 nitrogen and oxygen atoms in total. The predicted octanol–water partition coefficient (Wildman–Crippen LogP) is 3.74. The Morgan fingerprint density at radius 1 is 0.710 bits per heavy atom. The van der Waals surface area contributed by atoms with Crippen molar-refractivity contribution in [2.75, 3.05) is 11.5 Å². The molecule has 4 N–H and O–H groups in total. The van der Waals surface area contributed by atoms with E-state index in [-0.39, 0.29) is 11.8 Å². The Hall–Kier alpha value is -4.59. The van der Waals surface area contributed by atoms with Crippen LogP contribution in [0.1, 0.15) is 0 Å². The van der Waals surface area contributed by atoms with Crippen molar-refractivity contribution < 1.29 is 0 Å². The molecule has 0 unspecified atom stereocenters. The molecule has 0 spiro atoms. The lowest BCUT2D eigenvalue weighted by Crippen LogP contribution is -2.03. The van der Waals surface area contributed by atoms with Gasteiger partial charge in [0.25, 0.3) is 0 Å². The zero-order valence-electron chi connectivity index (χ0n) is 16.3. The molecule has 0 radical (unpaired) electrons. The Bertz CT molecular complexity index is 1620. The van der Waals surface area contributed by atoms with Gasteiger partial charge in [-0.25, -0.2) is 4.98 Å². The summed E-state index contributed by atoms with van der Waals surface area (Å²) in [5.41, 5.74) is 16.7. The lowest BCUT2D eigenvalue weighted by atomic mass is 10.1. The van der Waals surface area contributed by atoms with Gasteiger partial charge in [0.1, 0.15) is 5.82 Å². The molecule has 31 heavy (non-hydrogen) atoms. The highest BCUT2D eigenvalue weighted by Gasteiger charge is 2.19. The minimum atomic E-state index is 0.0999. The smallest absolute Gasteiger partial charge is 0.224 e. The van der Waals surface area contributed by atoms with Crippen LogP contribution in [0.25, 0.3) is 50.0 Å². The Kier molecular flexibility index (Phi) is 3.60. The van der Waals surface area contributed by atoms with E-state index in [1.165, 1.54) is 0 Å². The average molecular weight is 404 g/mol. The molecule has 0 aliphatic rings. The third kappa shape index (κ3) is 2.73. The number of benzene rings is 2. The van der Waals surface area contributed by atoms with Crippen molar-refractivity contribution in [2.45, 2.75) is 0 Å². The van der Waals surface area contributed by atoms with Crippen LogP contribution >= 0.6 is 0 Å². The molecule has 0 saturated heterocycles. The van der Waals surface area contributed by atoms with Crippen LogP contribution in [0.2, 0.25) is 0 Å². The summed E-state index contributed by atoms with van der Waals surface area (Å²) in [6, 6.07) is 19.9. The van der Waals surface area contributed by atoms with Gasteiger partial charge in [-0.05, 0) is 48.5 Å². The zero-order valence-corrected chi connectivity index (χ0v) is 16.3. The van der Waals surface area contributed by atoms with E-state index in [9.17, 15) is 0 Å². The van der Waals surface area contributed by atoms with Crippen LogP contribution < -0.4 is 11.5 Å². The van der Waals surface area contributed by atoms with E-state index in [2.05, 4.69) is 26.0 Å². The summed E-state index contributed by atoms with van der Waals surface area (Å²) in [4.78, 5) is 22.2. The highest BCUT2D eigenvalue weighted by molar-refractivity contribution is 5.91. The van der Waals surface area contributed by atoms with Crippen molar-refractivity contribution in [1.82, 2.24) is 29.5 Å². The van der Waals surface area contributed by atoms with Crippen LogP contribution in [-0.2, 0) is 0 Å². The first kappa shape index (κ1) is 17.3. The summed E-state index contributed by atoms with van der Waals surface area (Å²) in [5, 5.41) is 2.02. The Balaban J connectivity index is 1.69. The van der Waals surface area contributed by atoms with E-state index < -0.39 is 0 Å². The quantitative estimate of drug-likeness (QED) is 0.451. The second kappa shape index (κ2) is 6.46. The highest BCUT2D eigenvalue weighted by atomic mass is 15.2. The van der Waals surface area contributed by atoms with Gasteiger partial charge in [-0.2, -0.15) is 9.97 Å². The van der Waals surface area contributed by atoms with Gasteiger partial charge in [-0.1, -0.05) is 12.1 Å². The van der Waals surface area contributed by atoms with Crippen molar-refractivity contribution in [3.63, 3.8) is 0 Å². The molecule has 0 amide bonds. The molecule has 148 valence electrons. The SMILES string of the molecule is Nc1nc(N)c2nc(-c3ccc4ncccc4c3)n(-c3ccc4ncccc4c3)c2n1. The fourth-order valence-corrected chi connectivity index (χ4v) is 3.85. The maximum Gasteiger partial charge on any atom is 0.224 e. The molecule has 6 aromatic rings. The van der Waals surface area contributed by atoms with Crippen LogP contribution in [0.5, 0.6) is 0 Å². The van der Waals surface area contributed by atoms with Crippen molar-refractivity contribution in [3.05, 3.63) is 73.1 Å². The number of nitrogens with two attached hydrogens (primary N) is 2. The van der Waals surface area contributed by atoms with E-state index in [0.717, 1.165) is 33.1 Å². The molecule has 0 aliphatic heterocycles. The van der Waals surface area contributed by atoms with Crippen LogP contribution in [0.4, 0.5) is 11.8 Å². The molecular formula is C23H16N8. The monoisotopic (exact) mass is 404 g/mol. The number of nitrogens with zero attached hydrogens (tertiary/aromatic N) is 6. The van der Waals surface area contributed by atoms with Crippen molar-refractivity contribution in [3.8, 4) is 17.1 Å². The second-order valence-corrected chi connectivity index (χ2v) is 7.20. The van der Waals surface area contributed by atoms with E-state index in [1.54, 1.807) is 12.4 Å². The number of rotatable bonds is 2. The van der Waals surface area contributed by atoms with E-state index in [1.807, 2.05) is 59.2 Å². The standard InChI is InChI=1S/C23H16N8/c24-20-19-22(30-23(25)29-20)31(16-6-8-18-14(12-16)4-2-10-27-18)21(28-19)15-5-7-17-13(11-15)3-1-9-26-17/h1-12H,(H4,24,25,29,30). The highest BCUT2D eigenvalue weighted by Crippen LogP contribution is 2.32. The molecule has 2 aromatic carbocycles. The molecule has 8 heteroatoms. The molecule has 0 fully saturated rings. The van der Waals surface area contributed by atoms with Gasteiger partial charge in [-0.15, -0.1) is 0 Å². The van der Waals surface area contributed by atoms with Gasteiger partial charge in [0, 0.05) is 34.4 Å². The summed E-state index contributed by atoms with van der Waals surface area (Å²) in [6.45, 7) is 0. The van der Waals surface area contributed by atoms with Gasteiger partial charge < -0.3 is 11.5 Å². The number of hydrogen-bond donors (Lipinski definition) is 2. The molecule has 0 atom stereocenters. The van der Waals surface area contributed by atoms with Crippen molar-refractivity contribution >= 4 is 44.7 Å². The average Bonchev–Trinajstić information content (AvgIpc) is 3.18. The molecular weight excluding hydrogens is 388 g/mol. The van der Waals surface area contributed by atoms with Crippen molar-refractivity contribution in [1.29, 1.82) is 0 Å². The number of hydrogen-bond acceptors (Lipinski definition) is 7. The number of aromatic nitrogens is 6. The number of pyridine rings is 2. The topological polar surface area (TPSA) is 121 Å². The summed E-state index contributed by atoms with van der Waals surface area (Å²) in [7, 11) is 0. The fourth-order valence-electron chi connectivity index (χ4n) is 3.85. The predicted molar refractivity (Wildman–Crippen MR) is 122 cm³/mol. The van der Waals surface area contributed by atoms with Gasteiger partial charge in [0.2, 0.25) is 5.95 Å². The summed E-state index contributed by atoms with van der Waals surface area (Å²) >= 11 is 0. The minimum absolute atomic E-state index is 0.0999. The Morgan fingerprint density at radius 2 is 1.42 bits per heavy atom.